The third-order valence-electron chi connectivity index (χ3n) is 3.41. The lowest BCUT2D eigenvalue weighted by atomic mass is 10.1. The van der Waals surface area contributed by atoms with Crippen LogP contribution in [0.25, 0.3) is 16.7 Å². The normalized spacial score (nSPS) is 10.7. The maximum Gasteiger partial charge on any atom is 0.129 e. The largest absolute Gasteiger partial charge is 0.326 e. The topological polar surface area (TPSA) is 67.6 Å². The van der Waals surface area contributed by atoms with E-state index in [9.17, 15) is 4.39 Å². The van der Waals surface area contributed by atoms with Crippen LogP contribution >= 0.6 is 0 Å². The molecule has 104 valence electrons. The van der Waals surface area contributed by atoms with Crippen molar-refractivity contribution in [2.24, 2.45) is 5.73 Å². The van der Waals surface area contributed by atoms with Gasteiger partial charge in [0.25, 0.3) is 0 Å². The number of para-hydroxylation sites is 2. The van der Waals surface area contributed by atoms with Crippen LogP contribution in [-0.4, -0.2) is 9.55 Å². The summed E-state index contributed by atoms with van der Waals surface area (Å²) in [5, 5.41) is 9.00. The summed E-state index contributed by atoms with van der Waals surface area (Å²) in [4.78, 5) is 4.46. The van der Waals surface area contributed by atoms with E-state index in [4.69, 9.17) is 11.0 Å². The number of nitrogens with two attached hydrogens (primary N) is 1. The van der Waals surface area contributed by atoms with E-state index in [0.29, 0.717) is 17.1 Å². The lowest BCUT2D eigenvalue weighted by Crippen LogP contribution is -2.09. The highest BCUT2D eigenvalue weighted by molar-refractivity contribution is 5.78. The van der Waals surface area contributed by atoms with Crippen LogP contribution in [0, 0.1) is 17.1 Å². The van der Waals surface area contributed by atoms with E-state index >= 15 is 0 Å². The van der Waals surface area contributed by atoms with Gasteiger partial charge in [0.2, 0.25) is 0 Å². The molecule has 0 fully saturated rings. The molecule has 0 aliphatic heterocycles. The quantitative estimate of drug-likeness (QED) is 0.802. The highest BCUT2D eigenvalue weighted by Gasteiger charge is 2.16. The van der Waals surface area contributed by atoms with Gasteiger partial charge in [-0.3, -0.25) is 4.57 Å². The van der Waals surface area contributed by atoms with Gasteiger partial charge in [0.1, 0.15) is 11.6 Å². The molecule has 2 N–H and O–H groups in total. The van der Waals surface area contributed by atoms with Gasteiger partial charge >= 0.3 is 0 Å². The average Bonchev–Trinajstić information content (AvgIpc) is 2.85. The molecule has 0 saturated carbocycles. The van der Waals surface area contributed by atoms with Crippen molar-refractivity contribution in [1.82, 2.24) is 9.55 Å². The van der Waals surface area contributed by atoms with Gasteiger partial charge in [-0.15, -0.1) is 0 Å². The number of hydrogen-bond acceptors (Lipinski definition) is 3. The van der Waals surface area contributed by atoms with E-state index < -0.39 is 0 Å². The number of benzene rings is 2. The Morgan fingerprint density at radius 3 is 2.76 bits per heavy atom. The number of nitriles is 1. The number of nitrogens with zero attached hydrogens (tertiary/aromatic N) is 3. The molecule has 3 rings (SSSR count). The molecule has 2 aromatic carbocycles. The van der Waals surface area contributed by atoms with Crippen LogP contribution in [0.1, 0.15) is 11.4 Å². The van der Waals surface area contributed by atoms with E-state index in [-0.39, 0.29) is 18.8 Å². The zero-order valence-corrected chi connectivity index (χ0v) is 11.3. The van der Waals surface area contributed by atoms with Crippen LogP contribution in [0.3, 0.4) is 0 Å². The summed E-state index contributed by atoms with van der Waals surface area (Å²) in [6.45, 7) is 0.0838. The fraction of sp³-hybridized carbons (Fsp3) is 0.125. The predicted octanol–water partition coefficient (Wildman–Crippen LogP) is 2.69. The molecule has 0 bridgehead atoms. The summed E-state index contributed by atoms with van der Waals surface area (Å²) in [5.41, 5.74) is 8.35. The highest BCUT2D eigenvalue weighted by Crippen LogP contribution is 2.25. The summed E-state index contributed by atoms with van der Waals surface area (Å²) in [7, 11) is 0. The van der Waals surface area contributed by atoms with Crippen molar-refractivity contribution in [3.8, 4) is 11.8 Å². The Labute approximate surface area is 121 Å². The lowest BCUT2D eigenvalue weighted by molar-refractivity contribution is 0.608. The van der Waals surface area contributed by atoms with Gasteiger partial charge < -0.3 is 5.73 Å². The first-order chi connectivity index (χ1) is 10.3. The minimum atomic E-state index is -0.351. The van der Waals surface area contributed by atoms with Crippen LogP contribution < -0.4 is 5.73 Å². The van der Waals surface area contributed by atoms with Gasteiger partial charge in [0.15, 0.2) is 0 Å². The van der Waals surface area contributed by atoms with Gasteiger partial charge in [0.05, 0.1) is 29.2 Å². The molecule has 5 heteroatoms. The summed E-state index contributed by atoms with van der Waals surface area (Å²) in [6, 6.07) is 14.4. The fourth-order valence-corrected chi connectivity index (χ4v) is 2.49. The first-order valence-corrected chi connectivity index (χ1v) is 6.57. The van der Waals surface area contributed by atoms with Gasteiger partial charge in [-0.25, -0.2) is 9.37 Å². The van der Waals surface area contributed by atoms with Crippen molar-refractivity contribution >= 4 is 11.0 Å². The van der Waals surface area contributed by atoms with Crippen LogP contribution in [-0.2, 0) is 13.0 Å². The second kappa shape index (κ2) is 5.35. The third kappa shape index (κ3) is 2.16. The van der Waals surface area contributed by atoms with Crippen LogP contribution in [0.2, 0.25) is 0 Å². The van der Waals surface area contributed by atoms with Crippen molar-refractivity contribution in [2.45, 2.75) is 13.0 Å². The van der Waals surface area contributed by atoms with Crippen molar-refractivity contribution in [2.75, 3.05) is 0 Å². The third-order valence-corrected chi connectivity index (χ3v) is 3.41. The van der Waals surface area contributed by atoms with Crippen molar-refractivity contribution in [3.63, 3.8) is 0 Å². The Morgan fingerprint density at radius 2 is 2.00 bits per heavy atom. The molecule has 21 heavy (non-hydrogen) atoms. The maximum atomic E-state index is 14.0. The Balaban J connectivity index is 2.36. The number of halogens is 1. The van der Waals surface area contributed by atoms with Crippen molar-refractivity contribution in [3.05, 3.63) is 59.7 Å². The van der Waals surface area contributed by atoms with Gasteiger partial charge in [-0.1, -0.05) is 18.2 Å². The standard InChI is InChI=1S/C16H13FN4/c17-12-4-3-7-14(11(12)10-19)21-15-6-2-1-5-13(15)20-16(21)8-9-18/h1-7H,8,10,19H2. The van der Waals surface area contributed by atoms with Crippen LogP contribution in [0.15, 0.2) is 42.5 Å². The first kappa shape index (κ1) is 13.3. The Morgan fingerprint density at radius 1 is 1.19 bits per heavy atom. The second-order valence-electron chi connectivity index (χ2n) is 4.63. The second-order valence-corrected chi connectivity index (χ2v) is 4.63. The molecule has 0 radical (unpaired) electrons. The van der Waals surface area contributed by atoms with E-state index in [1.54, 1.807) is 12.1 Å². The number of hydrogen-bond donors (Lipinski definition) is 1. The lowest BCUT2D eigenvalue weighted by Gasteiger charge is -2.13. The minimum absolute atomic E-state index is 0.0838. The monoisotopic (exact) mass is 280 g/mol. The number of aromatic nitrogens is 2. The summed E-state index contributed by atoms with van der Waals surface area (Å²) >= 11 is 0. The molecule has 3 aromatic rings. The molecule has 0 aliphatic carbocycles. The van der Waals surface area contributed by atoms with Crippen molar-refractivity contribution in [1.29, 1.82) is 5.26 Å². The van der Waals surface area contributed by atoms with Gasteiger partial charge in [-0.2, -0.15) is 5.26 Å². The molecule has 0 atom stereocenters. The Hall–Kier alpha value is -2.71. The van der Waals surface area contributed by atoms with E-state index in [2.05, 4.69) is 11.1 Å². The van der Waals surface area contributed by atoms with E-state index in [0.717, 1.165) is 11.0 Å². The molecule has 0 saturated heterocycles. The van der Waals surface area contributed by atoms with Gasteiger partial charge in [-0.05, 0) is 24.3 Å². The molecule has 1 heterocycles. The van der Waals surface area contributed by atoms with E-state index in [1.807, 2.05) is 28.8 Å². The van der Waals surface area contributed by atoms with Crippen molar-refractivity contribution < 1.29 is 4.39 Å². The van der Waals surface area contributed by atoms with Crippen LogP contribution in [0.5, 0.6) is 0 Å². The number of fused-ring (bicyclic) bond motifs is 1. The average molecular weight is 280 g/mol. The summed E-state index contributed by atoms with van der Waals surface area (Å²) < 4.78 is 15.8. The zero-order valence-electron chi connectivity index (χ0n) is 11.3. The Bertz CT molecular complexity index is 845. The summed E-state index contributed by atoms with van der Waals surface area (Å²) in [6.07, 6.45) is 0.148. The molecular formula is C16H13FN4. The Kier molecular flexibility index (Phi) is 3.38. The first-order valence-electron chi connectivity index (χ1n) is 6.57. The van der Waals surface area contributed by atoms with E-state index in [1.165, 1.54) is 6.07 Å². The molecule has 4 nitrogen and oxygen atoms in total. The highest BCUT2D eigenvalue weighted by atomic mass is 19.1. The molecule has 0 amide bonds. The molecular weight excluding hydrogens is 267 g/mol. The molecule has 0 spiro atoms. The predicted molar refractivity (Wildman–Crippen MR) is 78.2 cm³/mol. The molecule has 1 aromatic heterocycles. The smallest absolute Gasteiger partial charge is 0.129 e. The number of imidazole rings is 1. The van der Waals surface area contributed by atoms with Crippen LogP contribution in [0.4, 0.5) is 4.39 Å². The fourth-order valence-electron chi connectivity index (χ4n) is 2.49. The molecule has 0 unspecified atom stereocenters. The zero-order chi connectivity index (χ0) is 14.8. The van der Waals surface area contributed by atoms with Gasteiger partial charge in [0, 0.05) is 12.1 Å². The number of rotatable bonds is 3. The maximum absolute atomic E-state index is 14.0. The SMILES string of the molecule is N#CCc1nc2ccccc2n1-c1cccc(F)c1CN. The molecule has 0 aliphatic rings. The minimum Gasteiger partial charge on any atom is -0.326 e. The summed E-state index contributed by atoms with van der Waals surface area (Å²) in [5.74, 6) is 0.231.